The summed E-state index contributed by atoms with van der Waals surface area (Å²) in [7, 11) is 0. The Morgan fingerprint density at radius 1 is 1.61 bits per heavy atom. The fraction of sp³-hybridized carbons (Fsp3) is 0.364. The van der Waals surface area contributed by atoms with E-state index in [1.165, 1.54) is 0 Å². The maximum atomic E-state index is 8.94. The molecule has 1 aromatic rings. The van der Waals surface area contributed by atoms with Gasteiger partial charge in [-0.05, 0) is 40.0 Å². The maximum Gasteiger partial charge on any atom is 0.151 e. The van der Waals surface area contributed by atoms with Crippen LogP contribution in [0.25, 0.3) is 10.4 Å². The summed E-state index contributed by atoms with van der Waals surface area (Å²) in [6, 6.07) is 7.00. The molecule has 1 rings (SSSR count). The third-order valence-corrected chi connectivity index (χ3v) is 2.90. The predicted octanol–water partition coefficient (Wildman–Crippen LogP) is 2.73. The van der Waals surface area contributed by atoms with E-state index < -0.39 is 0 Å². The average molecular weight is 310 g/mol. The molecular weight excluding hydrogens is 298 g/mol. The molecule has 94 valence electrons. The molecule has 0 saturated heterocycles. The summed E-state index contributed by atoms with van der Waals surface area (Å²) in [5.41, 5.74) is 14.2. The van der Waals surface area contributed by atoms with E-state index in [1.54, 1.807) is 18.2 Å². The molecule has 1 atom stereocenters. The van der Waals surface area contributed by atoms with Gasteiger partial charge in [0.25, 0.3) is 0 Å². The van der Waals surface area contributed by atoms with Crippen LogP contribution >= 0.6 is 15.9 Å². The van der Waals surface area contributed by atoms with E-state index in [0.717, 1.165) is 4.47 Å². The summed E-state index contributed by atoms with van der Waals surface area (Å²) in [5.74, 6) is 0.497. The Morgan fingerprint density at radius 3 is 3.00 bits per heavy atom. The smallest absolute Gasteiger partial charge is 0.151 e. The topological polar surface area (TPSA) is 108 Å². The molecular formula is C11H12BrN5O. The molecule has 0 aromatic heterocycles. The van der Waals surface area contributed by atoms with Gasteiger partial charge in [0.2, 0.25) is 0 Å². The van der Waals surface area contributed by atoms with Gasteiger partial charge in [0, 0.05) is 11.5 Å². The number of halogens is 1. The fourth-order valence-corrected chi connectivity index (χ4v) is 1.82. The van der Waals surface area contributed by atoms with Crippen molar-refractivity contribution in [3.05, 3.63) is 38.7 Å². The van der Waals surface area contributed by atoms with Gasteiger partial charge in [0.15, 0.2) is 5.75 Å². The molecule has 7 heteroatoms. The summed E-state index contributed by atoms with van der Waals surface area (Å²) in [6.45, 7) is 0.604. The molecule has 0 aliphatic rings. The second-order valence-electron chi connectivity index (χ2n) is 3.46. The first kappa shape index (κ1) is 14.3. The van der Waals surface area contributed by atoms with Crippen LogP contribution in [-0.4, -0.2) is 19.2 Å². The lowest BCUT2D eigenvalue weighted by molar-refractivity contribution is 0.296. The monoisotopic (exact) mass is 309 g/mol. The van der Waals surface area contributed by atoms with Gasteiger partial charge < -0.3 is 10.5 Å². The molecule has 1 unspecified atom stereocenters. The highest BCUT2D eigenvalue weighted by molar-refractivity contribution is 9.10. The standard InChI is InChI=1S/C11H12BrN5O/c12-10-3-1-2-8(6-13)11(10)18-5-4-9(7-14)16-17-15/h1-3,9H,4-5,7,14H2. The largest absolute Gasteiger partial charge is 0.491 e. The van der Waals surface area contributed by atoms with Crippen LogP contribution in [0.2, 0.25) is 0 Å². The Morgan fingerprint density at radius 2 is 2.39 bits per heavy atom. The molecule has 0 fully saturated rings. The zero-order valence-electron chi connectivity index (χ0n) is 9.58. The fourth-order valence-electron chi connectivity index (χ4n) is 1.34. The van der Waals surface area contributed by atoms with E-state index in [0.29, 0.717) is 24.3 Å². The normalized spacial score (nSPS) is 11.2. The number of benzene rings is 1. The van der Waals surface area contributed by atoms with Gasteiger partial charge in [-0.1, -0.05) is 11.2 Å². The number of nitrogens with zero attached hydrogens (tertiary/aromatic N) is 4. The summed E-state index contributed by atoms with van der Waals surface area (Å²) < 4.78 is 6.25. The van der Waals surface area contributed by atoms with Gasteiger partial charge in [-0.2, -0.15) is 5.26 Å². The highest BCUT2D eigenvalue weighted by Gasteiger charge is 2.09. The second-order valence-corrected chi connectivity index (χ2v) is 4.31. The zero-order chi connectivity index (χ0) is 13.4. The minimum absolute atomic E-state index is 0.272. The number of para-hydroxylation sites is 1. The summed E-state index contributed by atoms with van der Waals surface area (Å²) in [4.78, 5) is 2.71. The van der Waals surface area contributed by atoms with E-state index in [9.17, 15) is 0 Å². The molecule has 0 heterocycles. The van der Waals surface area contributed by atoms with Crippen molar-refractivity contribution < 1.29 is 4.74 Å². The first-order chi connectivity index (χ1) is 8.72. The molecule has 0 bridgehead atoms. The van der Waals surface area contributed by atoms with Gasteiger partial charge >= 0.3 is 0 Å². The van der Waals surface area contributed by atoms with Gasteiger partial charge in [-0.15, -0.1) is 0 Å². The van der Waals surface area contributed by atoms with Crippen LogP contribution in [0.15, 0.2) is 27.8 Å². The van der Waals surface area contributed by atoms with Crippen LogP contribution in [0.4, 0.5) is 0 Å². The second kappa shape index (κ2) is 7.56. The molecule has 1 aromatic carbocycles. The van der Waals surface area contributed by atoms with Crippen molar-refractivity contribution in [2.24, 2.45) is 10.8 Å². The minimum Gasteiger partial charge on any atom is -0.491 e. The molecule has 0 radical (unpaired) electrons. The molecule has 18 heavy (non-hydrogen) atoms. The van der Waals surface area contributed by atoms with E-state index in [2.05, 4.69) is 32.0 Å². The number of nitriles is 1. The Hall–Kier alpha value is -1.74. The lowest BCUT2D eigenvalue weighted by atomic mass is 10.2. The van der Waals surface area contributed by atoms with E-state index in [1.807, 2.05) is 0 Å². The Labute approximate surface area is 113 Å². The Kier molecular flexibility index (Phi) is 6.01. The van der Waals surface area contributed by atoms with Crippen LogP contribution in [0, 0.1) is 11.3 Å². The summed E-state index contributed by atoms with van der Waals surface area (Å²) in [6.07, 6.45) is 0.507. The lowest BCUT2D eigenvalue weighted by Gasteiger charge is -2.12. The van der Waals surface area contributed by atoms with Crippen LogP contribution in [0.3, 0.4) is 0 Å². The summed E-state index contributed by atoms with van der Waals surface area (Å²) in [5, 5.41) is 12.5. The van der Waals surface area contributed by atoms with Crippen molar-refractivity contribution in [3.63, 3.8) is 0 Å². The molecule has 2 N–H and O–H groups in total. The number of rotatable bonds is 6. The van der Waals surface area contributed by atoms with Crippen LogP contribution in [-0.2, 0) is 0 Å². The predicted molar refractivity (Wildman–Crippen MR) is 71.0 cm³/mol. The third kappa shape index (κ3) is 3.93. The van der Waals surface area contributed by atoms with Gasteiger partial charge in [0.05, 0.1) is 22.7 Å². The minimum atomic E-state index is -0.289. The molecule has 0 spiro atoms. The molecule has 0 aliphatic carbocycles. The Balaban J connectivity index is 2.64. The number of hydrogen-bond donors (Lipinski definition) is 1. The SMILES string of the molecule is N#Cc1cccc(Br)c1OCCC(CN)N=[N+]=[N-]. The van der Waals surface area contributed by atoms with Crippen LogP contribution in [0.5, 0.6) is 5.75 Å². The highest BCUT2D eigenvalue weighted by Crippen LogP contribution is 2.28. The third-order valence-electron chi connectivity index (χ3n) is 2.27. The van der Waals surface area contributed by atoms with Crippen LogP contribution < -0.4 is 10.5 Å². The average Bonchev–Trinajstić information content (AvgIpc) is 2.39. The lowest BCUT2D eigenvalue weighted by Crippen LogP contribution is -2.20. The quantitative estimate of drug-likeness (QED) is 0.495. The van der Waals surface area contributed by atoms with Crippen molar-refractivity contribution in [1.29, 1.82) is 5.26 Å². The van der Waals surface area contributed by atoms with E-state index in [4.69, 9.17) is 21.3 Å². The number of ether oxygens (including phenoxy) is 1. The zero-order valence-corrected chi connectivity index (χ0v) is 11.2. The van der Waals surface area contributed by atoms with Crippen molar-refractivity contribution in [2.75, 3.05) is 13.2 Å². The van der Waals surface area contributed by atoms with Crippen molar-refractivity contribution in [3.8, 4) is 11.8 Å². The van der Waals surface area contributed by atoms with Gasteiger partial charge in [-0.3, -0.25) is 0 Å². The molecule has 0 amide bonds. The highest BCUT2D eigenvalue weighted by atomic mass is 79.9. The number of hydrogen-bond acceptors (Lipinski definition) is 4. The van der Waals surface area contributed by atoms with Crippen molar-refractivity contribution in [2.45, 2.75) is 12.5 Å². The van der Waals surface area contributed by atoms with E-state index in [-0.39, 0.29) is 12.6 Å². The molecule has 6 nitrogen and oxygen atoms in total. The van der Waals surface area contributed by atoms with Gasteiger partial charge in [-0.25, -0.2) is 0 Å². The van der Waals surface area contributed by atoms with Crippen molar-refractivity contribution >= 4 is 15.9 Å². The first-order valence-electron chi connectivity index (χ1n) is 5.28. The van der Waals surface area contributed by atoms with Crippen LogP contribution in [0.1, 0.15) is 12.0 Å². The first-order valence-corrected chi connectivity index (χ1v) is 6.08. The number of nitrogens with two attached hydrogens (primary N) is 1. The number of azide groups is 1. The Bertz CT molecular complexity index is 493. The molecule has 0 saturated carbocycles. The van der Waals surface area contributed by atoms with E-state index >= 15 is 0 Å². The maximum absolute atomic E-state index is 8.94. The van der Waals surface area contributed by atoms with Gasteiger partial charge in [0.1, 0.15) is 6.07 Å². The molecule has 0 aliphatic heterocycles. The summed E-state index contributed by atoms with van der Waals surface area (Å²) >= 11 is 3.32. The van der Waals surface area contributed by atoms with Crippen molar-refractivity contribution in [1.82, 2.24) is 0 Å².